The largest absolute Gasteiger partial charge is 0.287 e. The van der Waals surface area contributed by atoms with Crippen molar-refractivity contribution in [1.29, 1.82) is 0 Å². The second-order valence-electron chi connectivity index (χ2n) is 5.41. The number of hydrogen-bond acceptors (Lipinski definition) is 3. The van der Waals surface area contributed by atoms with Gasteiger partial charge in [0.1, 0.15) is 0 Å². The highest BCUT2D eigenvalue weighted by Gasteiger charge is 2.11. The maximum atomic E-state index is 13.3. The Morgan fingerprint density at radius 2 is 1.92 bits per heavy atom. The van der Waals surface area contributed by atoms with Crippen LogP contribution in [0.15, 0.2) is 52.4 Å². The minimum absolute atomic E-state index is 0.0739. The van der Waals surface area contributed by atoms with Crippen molar-refractivity contribution in [2.75, 3.05) is 0 Å². The van der Waals surface area contributed by atoms with Crippen LogP contribution in [0.25, 0.3) is 10.9 Å². The quantitative estimate of drug-likeness (QED) is 0.508. The molecule has 2 aromatic carbocycles. The van der Waals surface area contributed by atoms with Gasteiger partial charge in [0, 0.05) is 12.3 Å². The second kappa shape index (κ2) is 7.13. The predicted octanol–water partition coefficient (Wildman–Crippen LogP) is 4.38. The number of hydrogen-bond donors (Lipinski definition) is 0. The lowest BCUT2D eigenvalue weighted by atomic mass is 10.2. The number of aromatic nitrogens is 2. The van der Waals surface area contributed by atoms with Crippen LogP contribution in [-0.2, 0) is 12.3 Å². The standard InChI is InChI=1S/C18H16F2N2OS/c1-2-9-22-17(23)13-5-3-4-6-16(13)21-18(22)24-11-12-7-8-14(19)15(20)10-12/h3-8,10H,2,9,11H2,1H3. The van der Waals surface area contributed by atoms with E-state index >= 15 is 0 Å². The average molecular weight is 346 g/mol. The number of nitrogens with zero attached hydrogens (tertiary/aromatic N) is 2. The summed E-state index contributed by atoms with van der Waals surface area (Å²) in [5.41, 5.74) is 1.21. The molecule has 0 aliphatic heterocycles. The molecule has 6 heteroatoms. The molecule has 0 saturated carbocycles. The summed E-state index contributed by atoms with van der Waals surface area (Å²) < 4.78 is 28.0. The molecule has 0 aliphatic carbocycles. The van der Waals surface area contributed by atoms with Crippen LogP contribution in [0, 0.1) is 11.6 Å². The van der Waals surface area contributed by atoms with E-state index in [0.717, 1.165) is 12.5 Å². The van der Waals surface area contributed by atoms with Gasteiger partial charge in [0.25, 0.3) is 5.56 Å². The molecule has 0 atom stereocenters. The van der Waals surface area contributed by atoms with Crippen molar-refractivity contribution in [2.45, 2.75) is 30.8 Å². The maximum absolute atomic E-state index is 13.3. The molecule has 0 saturated heterocycles. The van der Waals surface area contributed by atoms with Crippen LogP contribution in [0.5, 0.6) is 0 Å². The molecule has 0 radical (unpaired) electrons. The molecule has 1 aromatic heterocycles. The van der Waals surface area contributed by atoms with E-state index in [1.807, 2.05) is 19.1 Å². The third-order valence-corrected chi connectivity index (χ3v) is 4.67. The van der Waals surface area contributed by atoms with E-state index in [1.165, 1.54) is 23.9 Å². The monoisotopic (exact) mass is 346 g/mol. The molecule has 124 valence electrons. The predicted molar refractivity (Wildman–Crippen MR) is 92.2 cm³/mol. The van der Waals surface area contributed by atoms with E-state index in [0.29, 0.717) is 33.9 Å². The molecule has 24 heavy (non-hydrogen) atoms. The van der Waals surface area contributed by atoms with Gasteiger partial charge in [-0.05, 0) is 36.2 Å². The van der Waals surface area contributed by atoms with Crippen molar-refractivity contribution in [3.8, 4) is 0 Å². The molecule has 0 N–H and O–H groups in total. The minimum Gasteiger partial charge on any atom is -0.287 e. The number of halogens is 2. The zero-order valence-electron chi connectivity index (χ0n) is 13.1. The molecule has 3 aromatic rings. The lowest BCUT2D eigenvalue weighted by Gasteiger charge is -2.12. The number of rotatable bonds is 5. The highest BCUT2D eigenvalue weighted by molar-refractivity contribution is 7.98. The molecule has 3 nitrogen and oxygen atoms in total. The fraction of sp³-hybridized carbons (Fsp3) is 0.222. The first-order valence-corrected chi connectivity index (χ1v) is 8.65. The van der Waals surface area contributed by atoms with E-state index < -0.39 is 11.6 Å². The Morgan fingerprint density at radius 1 is 1.12 bits per heavy atom. The van der Waals surface area contributed by atoms with Gasteiger partial charge in [0.2, 0.25) is 0 Å². The third-order valence-electron chi connectivity index (χ3n) is 3.63. The average Bonchev–Trinajstić information content (AvgIpc) is 2.59. The molecule has 0 aliphatic rings. The van der Waals surface area contributed by atoms with E-state index in [1.54, 1.807) is 16.7 Å². The number of fused-ring (bicyclic) bond motifs is 1. The normalized spacial score (nSPS) is 11.1. The van der Waals surface area contributed by atoms with E-state index in [2.05, 4.69) is 4.98 Å². The van der Waals surface area contributed by atoms with E-state index in [-0.39, 0.29) is 5.56 Å². The van der Waals surface area contributed by atoms with Gasteiger partial charge in [-0.1, -0.05) is 36.9 Å². The zero-order valence-corrected chi connectivity index (χ0v) is 13.9. The summed E-state index contributed by atoms with van der Waals surface area (Å²) in [4.78, 5) is 17.2. The minimum atomic E-state index is -0.870. The fourth-order valence-corrected chi connectivity index (χ4v) is 3.42. The van der Waals surface area contributed by atoms with Gasteiger partial charge in [-0.3, -0.25) is 9.36 Å². The first kappa shape index (κ1) is 16.6. The molecule has 1 heterocycles. The van der Waals surface area contributed by atoms with Crippen molar-refractivity contribution in [3.63, 3.8) is 0 Å². The van der Waals surface area contributed by atoms with Crippen LogP contribution in [-0.4, -0.2) is 9.55 Å². The zero-order chi connectivity index (χ0) is 17.1. The van der Waals surface area contributed by atoms with Crippen molar-refractivity contribution < 1.29 is 8.78 Å². The van der Waals surface area contributed by atoms with Gasteiger partial charge in [-0.2, -0.15) is 0 Å². The first-order valence-electron chi connectivity index (χ1n) is 7.66. The first-order chi connectivity index (χ1) is 11.6. The Bertz CT molecular complexity index is 940. The van der Waals surface area contributed by atoms with Crippen LogP contribution in [0.2, 0.25) is 0 Å². The molecule has 0 spiro atoms. The molecule has 0 bridgehead atoms. The number of para-hydroxylation sites is 1. The maximum Gasteiger partial charge on any atom is 0.262 e. The Hall–Kier alpha value is -2.21. The van der Waals surface area contributed by atoms with Crippen LogP contribution < -0.4 is 5.56 Å². The van der Waals surface area contributed by atoms with Crippen molar-refractivity contribution in [3.05, 3.63) is 70.0 Å². The van der Waals surface area contributed by atoms with Crippen LogP contribution in [0.4, 0.5) is 8.78 Å². The Balaban J connectivity index is 1.96. The van der Waals surface area contributed by atoms with Crippen LogP contribution in [0.3, 0.4) is 0 Å². The Kier molecular flexibility index (Phi) is 4.94. The van der Waals surface area contributed by atoms with Gasteiger partial charge in [0.05, 0.1) is 10.9 Å². The molecular weight excluding hydrogens is 330 g/mol. The second-order valence-corrected chi connectivity index (χ2v) is 6.35. The van der Waals surface area contributed by atoms with E-state index in [9.17, 15) is 13.6 Å². The Morgan fingerprint density at radius 3 is 2.67 bits per heavy atom. The van der Waals surface area contributed by atoms with Crippen molar-refractivity contribution >= 4 is 22.7 Å². The summed E-state index contributed by atoms with van der Waals surface area (Å²) in [7, 11) is 0. The summed E-state index contributed by atoms with van der Waals surface area (Å²) in [5, 5.41) is 1.17. The topological polar surface area (TPSA) is 34.9 Å². The molecular formula is C18H16F2N2OS. The molecule has 0 amide bonds. The van der Waals surface area contributed by atoms with Crippen molar-refractivity contribution in [1.82, 2.24) is 9.55 Å². The van der Waals surface area contributed by atoms with Crippen molar-refractivity contribution in [2.24, 2.45) is 0 Å². The van der Waals surface area contributed by atoms with Gasteiger partial charge < -0.3 is 0 Å². The highest BCUT2D eigenvalue weighted by atomic mass is 32.2. The third kappa shape index (κ3) is 3.33. The lowest BCUT2D eigenvalue weighted by Crippen LogP contribution is -2.23. The molecule has 0 unspecified atom stereocenters. The SMILES string of the molecule is CCCn1c(SCc2ccc(F)c(F)c2)nc2ccccc2c1=O. The number of thioether (sulfide) groups is 1. The van der Waals surface area contributed by atoms with Gasteiger partial charge in [-0.15, -0.1) is 0 Å². The smallest absolute Gasteiger partial charge is 0.262 e. The summed E-state index contributed by atoms with van der Waals surface area (Å²) in [6.45, 7) is 2.56. The van der Waals surface area contributed by atoms with Crippen LogP contribution >= 0.6 is 11.8 Å². The fourth-order valence-electron chi connectivity index (χ4n) is 2.46. The Labute approximate surface area is 142 Å². The summed E-state index contributed by atoms with van der Waals surface area (Å²) in [6, 6.07) is 11.0. The highest BCUT2D eigenvalue weighted by Crippen LogP contribution is 2.23. The molecule has 3 rings (SSSR count). The lowest BCUT2D eigenvalue weighted by molar-refractivity contribution is 0.507. The summed E-state index contributed by atoms with van der Waals surface area (Å²) >= 11 is 1.35. The van der Waals surface area contributed by atoms with Gasteiger partial charge in [-0.25, -0.2) is 13.8 Å². The summed E-state index contributed by atoms with van der Waals surface area (Å²) in [5.74, 6) is -1.33. The number of benzene rings is 2. The van der Waals surface area contributed by atoms with Gasteiger partial charge in [0.15, 0.2) is 16.8 Å². The molecule has 0 fully saturated rings. The summed E-state index contributed by atoms with van der Waals surface area (Å²) in [6.07, 6.45) is 0.804. The van der Waals surface area contributed by atoms with Gasteiger partial charge >= 0.3 is 0 Å². The van der Waals surface area contributed by atoms with E-state index in [4.69, 9.17) is 0 Å². The van der Waals surface area contributed by atoms with Crippen LogP contribution in [0.1, 0.15) is 18.9 Å².